The van der Waals surface area contributed by atoms with E-state index in [1.807, 2.05) is 13.0 Å². The molecule has 4 heteroatoms. The average Bonchev–Trinajstić information content (AvgIpc) is 3.30. The lowest BCUT2D eigenvalue weighted by Crippen LogP contribution is -2.49. The molecule has 0 spiro atoms. The van der Waals surface area contributed by atoms with Crippen LogP contribution in [-0.4, -0.2) is 53.4 Å². The molecule has 1 aliphatic heterocycles. The van der Waals surface area contributed by atoms with Gasteiger partial charge in [0.05, 0.1) is 0 Å². The number of rotatable bonds is 4. The van der Waals surface area contributed by atoms with E-state index in [4.69, 9.17) is 0 Å². The summed E-state index contributed by atoms with van der Waals surface area (Å²) in [6.45, 7) is 6.88. The van der Waals surface area contributed by atoms with Crippen LogP contribution >= 0.6 is 0 Å². The molecule has 0 radical (unpaired) electrons. The standard InChI is InChI=1S/C16H23N3O/c1-13-3-2-4-15(17-13)7-8-18-9-11-19(12-10-18)16(20)14-5-6-14/h2-4,14H,5-12H2,1H3. The number of nitrogens with zero attached hydrogens (tertiary/aromatic N) is 3. The largest absolute Gasteiger partial charge is 0.340 e. The normalized spacial score (nSPS) is 20.1. The summed E-state index contributed by atoms with van der Waals surface area (Å²) < 4.78 is 0. The summed E-state index contributed by atoms with van der Waals surface area (Å²) in [5.41, 5.74) is 2.25. The van der Waals surface area contributed by atoms with Crippen molar-refractivity contribution < 1.29 is 4.79 Å². The summed E-state index contributed by atoms with van der Waals surface area (Å²) in [7, 11) is 0. The molecule has 0 aromatic carbocycles. The van der Waals surface area contributed by atoms with Gasteiger partial charge >= 0.3 is 0 Å². The first-order valence-electron chi connectivity index (χ1n) is 7.66. The second-order valence-corrected chi connectivity index (χ2v) is 5.96. The van der Waals surface area contributed by atoms with E-state index in [9.17, 15) is 4.79 Å². The molecule has 2 fully saturated rings. The van der Waals surface area contributed by atoms with Crippen molar-refractivity contribution in [1.29, 1.82) is 0 Å². The summed E-state index contributed by atoms with van der Waals surface area (Å²) in [4.78, 5) is 21.0. The van der Waals surface area contributed by atoms with Crippen LogP contribution in [0.5, 0.6) is 0 Å². The minimum atomic E-state index is 0.359. The van der Waals surface area contributed by atoms with Crippen LogP contribution < -0.4 is 0 Å². The lowest BCUT2D eigenvalue weighted by molar-refractivity contribution is -0.134. The van der Waals surface area contributed by atoms with Crippen molar-refractivity contribution >= 4 is 5.91 Å². The molecule has 1 saturated heterocycles. The van der Waals surface area contributed by atoms with E-state index in [2.05, 4.69) is 26.9 Å². The van der Waals surface area contributed by atoms with E-state index in [1.165, 1.54) is 5.69 Å². The number of pyridine rings is 1. The molecule has 1 aromatic heterocycles. The molecule has 0 N–H and O–H groups in total. The van der Waals surface area contributed by atoms with Gasteiger partial charge in [-0.15, -0.1) is 0 Å². The highest BCUT2D eigenvalue weighted by molar-refractivity contribution is 5.81. The van der Waals surface area contributed by atoms with Crippen molar-refractivity contribution in [2.24, 2.45) is 5.92 Å². The van der Waals surface area contributed by atoms with Crippen LogP contribution in [0.3, 0.4) is 0 Å². The minimum absolute atomic E-state index is 0.359. The molecule has 108 valence electrons. The first-order chi connectivity index (χ1) is 9.72. The maximum atomic E-state index is 12.0. The average molecular weight is 273 g/mol. The smallest absolute Gasteiger partial charge is 0.225 e. The molecule has 2 aliphatic rings. The maximum Gasteiger partial charge on any atom is 0.225 e. The summed E-state index contributed by atoms with van der Waals surface area (Å²) >= 11 is 0. The van der Waals surface area contributed by atoms with Gasteiger partial charge in [0.2, 0.25) is 5.91 Å². The second-order valence-electron chi connectivity index (χ2n) is 5.96. The number of piperazine rings is 1. The lowest BCUT2D eigenvalue weighted by Gasteiger charge is -2.34. The van der Waals surface area contributed by atoms with Gasteiger partial charge in [-0.3, -0.25) is 14.7 Å². The quantitative estimate of drug-likeness (QED) is 0.834. The van der Waals surface area contributed by atoms with Crippen molar-refractivity contribution in [2.75, 3.05) is 32.7 Å². The number of amides is 1. The van der Waals surface area contributed by atoms with Crippen LogP contribution in [-0.2, 0) is 11.2 Å². The number of hydrogen-bond acceptors (Lipinski definition) is 3. The number of hydrogen-bond donors (Lipinski definition) is 0. The van der Waals surface area contributed by atoms with Crippen LogP contribution in [0.4, 0.5) is 0 Å². The third-order valence-corrected chi connectivity index (χ3v) is 4.24. The summed E-state index contributed by atoms with van der Waals surface area (Å²) in [5, 5.41) is 0. The van der Waals surface area contributed by atoms with Gasteiger partial charge in [0.25, 0.3) is 0 Å². The van der Waals surface area contributed by atoms with Gasteiger partial charge in [0.15, 0.2) is 0 Å². The number of carbonyl (C=O) groups excluding carboxylic acids is 1. The molecule has 4 nitrogen and oxygen atoms in total. The van der Waals surface area contributed by atoms with E-state index in [0.29, 0.717) is 11.8 Å². The van der Waals surface area contributed by atoms with Gasteiger partial charge in [-0.25, -0.2) is 0 Å². The highest BCUT2D eigenvalue weighted by Gasteiger charge is 2.34. The Bertz CT molecular complexity index is 476. The monoisotopic (exact) mass is 273 g/mol. The zero-order chi connectivity index (χ0) is 13.9. The molecule has 2 heterocycles. The van der Waals surface area contributed by atoms with Crippen LogP contribution in [0, 0.1) is 12.8 Å². The third-order valence-electron chi connectivity index (χ3n) is 4.24. The SMILES string of the molecule is Cc1cccc(CCN2CCN(C(=O)C3CC3)CC2)n1. The molecule has 3 rings (SSSR count). The predicted octanol–water partition coefficient (Wildman–Crippen LogP) is 1.49. The molecule has 0 atom stereocenters. The van der Waals surface area contributed by atoms with Gasteiger partial charge in [0.1, 0.15) is 0 Å². The Morgan fingerprint density at radius 3 is 2.65 bits per heavy atom. The fourth-order valence-electron chi connectivity index (χ4n) is 2.79. The van der Waals surface area contributed by atoms with E-state index in [-0.39, 0.29) is 0 Å². The van der Waals surface area contributed by atoms with Crippen LogP contribution in [0.2, 0.25) is 0 Å². The van der Waals surface area contributed by atoms with E-state index in [1.54, 1.807) is 0 Å². The third kappa shape index (κ3) is 3.37. The molecule has 0 unspecified atom stereocenters. The van der Waals surface area contributed by atoms with E-state index >= 15 is 0 Å². The van der Waals surface area contributed by atoms with Crippen molar-refractivity contribution in [3.05, 3.63) is 29.6 Å². The molecule has 1 amide bonds. The van der Waals surface area contributed by atoms with Crippen molar-refractivity contribution in [3.8, 4) is 0 Å². The van der Waals surface area contributed by atoms with E-state index < -0.39 is 0 Å². The minimum Gasteiger partial charge on any atom is -0.340 e. The van der Waals surface area contributed by atoms with Crippen molar-refractivity contribution in [1.82, 2.24) is 14.8 Å². The number of aromatic nitrogens is 1. The number of carbonyl (C=O) groups is 1. The Kier molecular flexibility index (Phi) is 4.01. The Balaban J connectivity index is 1.43. The van der Waals surface area contributed by atoms with Crippen LogP contribution in [0.25, 0.3) is 0 Å². The van der Waals surface area contributed by atoms with E-state index in [0.717, 1.165) is 57.7 Å². The Labute approximate surface area is 120 Å². The molecule has 20 heavy (non-hydrogen) atoms. The molecular weight excluding hydrogens is 250 g/mol. The van der Waals surface area contributed by atoms with Crippen LogP contribution in [0.15, 0.2) is 18.2 Å². The zero-order valence-electron chi connectivity index (χ0n) is 12.2. The molecule has 1 aliphatic carbocycles. The van der Waals surface area contributed by atoms with Gasteiger partial charge < -0.3 is 4.90 Å². The fraction of sp³-hybridized carbons (Fsp3) is 0.625. The van der Waals surface area contributed by atoms with Gasteiger partial charge in [-0.1, -0.05) is 6.07 Å². The zero-order valence-corrected chi connectivity index (χ0v) is 12.2. The molecule has 1 saturated carbocycles. The predicted molar refractivity (Wildman–Crippen MR) is 78.4 cm³/mol. The molecule has 1 aromatic rings. The summed E-state index contributed by atoms with van der Waals surface area (Å²) in [5.74, 6) is 0.753. The lowest BCUT2D eigenvalue weighted by atomic mass is 10.2. The fourth-order valence-corrected chi connectivity index (χ4v) is 2.79. The molecular formula is C16H23N3O. The Hall–Kier alpha value is -1.42. The van der Waals surface area contributed by atoms with Crippen LogP contribution in [0.1, 0.15) is 24.2 Å². The second kappa shape index (κ2) is 5.92. The summed E-state index contributed by atoms with van der Waals surface area (Å²) in [6.07, 6.45) is 3.22. The molecule has 0 bridgehead atoms. The highest BCUT2D eigenvalue weighted by atomic mass is 16.2. The van der Waals surface area contributed by atoms with Crippen molar-refractivity contribution in [2.45, 2.75) is 26.2 Å². The van der Waals surface area contributed by atoms with Crippen molar-refractivity contribution in [3.63, 3.8) is 0 Å². The first-order valence-corrected chi connectivity index (χ1v) is 7.66. The van der Waals surface area contributed by atoms with Gasteiger partial charge in [-0.05, 0) is 31.9 Å². The van der Waals surface area contributed by atoms with Gasteiger partial charge in [-0.2, -0.15) is 0 Å². The van der Waals surface area contributed by atoms with Gasteiger partial charge in [0, 0.05) is 56.5 Å². The Morgan fingerprint density at radius 1 is 1.25 bits per heavy atom. The maximum absolute atomic E-state index is 12.0. The topological polar surface area (TPSA) is 36.4 Å². The number of aryl methyl sites for hydroxylation is 1. The Morgan fingerprint density at radius 2 is 2.00 bits per heavy atom. The highest BCUT2D eigenvalue weighted by Crippen LogP contribution is 2.31. The first kappa shape index (κ1) is 13.6. The summed E-state index contributed by atoms with van der Waals surface area (Å²) in [6, 6.07) is 6.20.